The van der Waals surface area contributed by atoms with Gasteiger partial charge in [0.1, 0.15) is 6.07 Å². The Kier molecular flexibility index (Phi) is 3.96. The van der Waals surface area contributed by atoms with Gasteiger partial charge >= 0.3 is 5.69 Å². The van der Waals surface area contributed by atoms with Crippen LogP contribution in [0.5, 0.6) is 0 Å². The van der Waals surface area contributed by atoms with E-state index < -0.39 is 4.92 Å². The smallest absolute Gasteiger partial charge is 0.306 e. The van der Waals surface area contributed by atoms with Crippen LogP contribution in [0.3, 0.4) is 0 Å². The van der Waals surface area contributed by atoms with Gasteiger partial charge in [-0.05, 0) is 0 Å². The first kappa shape index (κ1) is 11.6. The van der Waals surface area contributed by atoms with Gasteiger partial charge in [-0.1, -0.05) is 11.8 Å². The van der Waals surface area contributed by atoms with Crippen LogP contribution in [0.4, 0.5) is 5.69 Å². The molecule has 0 aliphatic rings. The van der Waals surface area contributed by atoms with Crippen molar-refractivity contribution in [2.75, 3.05) is 6.54 Å². The molecular weight excluding hydrogens is 208 g/mol. The number of nitriles is 1. The number of nitro groups is 1. The van der Waals surface area contributed by atoms with Crippen molar-refractivity contribution in [3.8, 4) is 17.9 Å². The van der Waals surface area contributed by atoms with Crippen molar-refractivity contribution in [2.24, 2.45) is 5.73 Å². The molecule has 0 spiro atoms. The van der Waals surface area contributed by atoms with E-state index in [-0.39, 0.29) is 11.4 Å². The van der Waals surface area contributed by atoms with Gasteiger partial charge in [0.05, 0.1) is 4.92 Å². The summed E-state index contributed by atoms with van der Waals surface area (Å²) in [5.41, 5.74) is 5.10. The van der Waals surface area contributed by atoms with Gasteiger partial charge in [-0.2, -0.15) is 5.26 Å². The summed E-state index contributed by atoms with van der Waals surface area (Å²) >= 11 is 0. The van der Waals surface area contributed by atoms with E-state index in [0.29, 0.717) is 18.5 Å². The van der Waals surface area contributed by atoms with Crippen LogP contribution in [0, 0.1) is 33.3 Å². The summed E-state index contributed by atoms with van der Waals surface area (Å²) in [6, 6.07) is 2.88. The van der Waals surface area contributed by atoms with Crippen molar-refractivity contribution in [1.29, 1.82) is 5.26 Å². The van der Waals surface area contributed by atoms with Crippen LogP contribution in [0.25, 0.3) is 0 Å². The van der Waals surface area contributed by atoms with Crippen molar-refractivity contribution < 1.29 is 4.92 Å². The van der Waals surface area contributed by atoms with E-state index in [0.717, 1.165) is 0 Å². The van der Waals surface area contributed by atoms with Crippen molar-refractivity contribution in [3.05, 3.63) is 33.6 Å². The van der Waals surface area contributed by atoms with Crippen molar-refractivity contribution in [3.63, 3.8) is 0 Å². The highest BCUT2D eigenvalue weighted by Crippen LogP contribution is 2.16. The maximum Gasteiger partial charge on any atom is 0.306 e. The minimum Gasteiger partial charge on any atom is -0.330 e. The molecule has 0 unspecified atom stereocenters. The number of rotatable bonds is 2. The molecule has 80 valence electrons. The zero-order valence-corrected chi connectivity index (χ0v) is 8.30. The summed E-state index contributed by atoms with van der Waals surface area (Å²) in [6.07, 6.45) is 1.84. The van der Waals surface area contributed by atoms with Crippen LogP contribution >= 0.6 is 0 Å². The highest BCUT2D eigenvalue weighted by molar-refractivity contribution is 5.49. The minimum atomic E-state index is -0.653. The molecule has 0 aliphatic heterocycles. The summed E-state index contributed by atoms with van der Waals surface area (Å²) in [5.74, 6) is 5.42. The fourth-order valence-corrected chi connectivity index (χ4v) is 0.984. The lowest BCUT2D eigenvalue weighted by Crippen LogP contribution is -1.97. The van der Waals surface area contributed by atoms with Crippen LogP contribution in [-0.4, -0.2) is 16.5 Å². The summed E-state index contributed by atoms with van der Waals surface area (Å²) in [7, 11) is 0. The lowest BCUT2D eigenvalue weighted by molar-refractivity contribution is -0.385. The molecular formula is C10H8N4O2. The predicted octanol–water partition coefficient (Wildman–Crippen LogP) is 0.562. The Bertz CT molecular complexity index is 508. The van der Waals surface area contributed by atoms with Gasteiger partial charge in [0.15, 0.2) is 0 Å². The quantitative estimate of drug-likeness (QED) is 0.441. The van der Waals surface area contributed by atoms with E-state index in [1.54, 1.807) is 6.07 Å². The molecule has 0 fully saturated rings. The molecule has 2 N–H and O–H groups in total. The second kappa shape index (κ2) is 5.44. The molecule has 16 heavy (non-hydrogen) atoms. The molecule has 1 aromatic rings. The van der Waals surface area contributed by atoms with Crippen LogP contribution in [0.1, 0.15) is 17.7 Å². The molecule has 6 nitrogen and oxygen atoms in total. The van der Waals surface area contributed by atoms with E-state index in [9.17, 15) is 10.1 Å². The molecule has 0 saturated heterocycles. The van der Waals surface area contributed by atoms with E-state index in [4.69, 9.17) is 11.0 Å². The van der Waals surface area contributed by atoms with E-state index >= 15 is 0 Å². The lowest BCUT2D eigenvalue weighted by Gasteiger charge is -1.94. The molecule has 0 amide bonds. The number of aromatic nitrogens is 1. The number of nitrogens with zero attached hydrogens (tertiary/aromatic N) is 3. The largest absolute Gasteiger partial charge is 0.330 e. The topological polar surface area (TPSA) is 106 Å². The van der Waals surface area contributed by atoms with Crippen LogP contribution in [0.15, 0.2) is 12.3 Å². The molecule has 1 rings (SSSR count). The Morgan fingerprint density at radius 3 is 2.94 bits per heavy atom. The standard InChI is InChI=1S/C10H8N4O2/c11-4-2-1-3-8-5-10(14(15)16)9(6-12)13-7-8/h5,7H,2,4,11H2. The van der Waals surface area contributed by atoms with Crippen molar-refractivity contribution in [1.82, 2.24) is 4.98 Å². The van der Waals surface area contributed by atoms with Gasteiger partial charge in [-0.15, -0.1) is 0 Å². The average molecular weight is 216 g/mol. The summed E-state index contributed by atoms with van der Waals surface area (Å²) in [4.78, 5) is 13.6. The predicted molar refractivity (Wildman–Crippen MR) is 56.2 cm³/mol. The molecule has 0 saturated carbocycles. The fourth-order valence-electron chi connectivity index (χ4n) is 0.984. The zero-order valence-electron chi connectivity index (χ0n) is 8.30. The van der Waals surface area contributed by atoms with E-state index in [1.165, 1.54) is 12.3 Å². The Morgan fingerprint density at radius 2 is 2.38 bits per heavy atom. The lowest BCUT2D eigenvalue weighted by atomic mass is 10.2. The Morgan fingerprint density at radius 1 is 1.62 bits per heavy atom. The number of hydrogen-bond acceptors (Lipinski definition) is 5. The van der Waals surface area contributed by atoms with Gasteiger partial charge < -0.3 is 5.73 Å². The third-order valence-corrected chi connectivity index (χ3v) is 1.67. The molecule has 6 heteroatoms. The Balaban J connectivity index is 3.10. The Hall–Kier alpha value is -2.44. The maximum absolute atomic E-state index is 10.6. The first-order valence-corrected chi connectivity index (χ1v) is 4.42. The third kappa shape index (κ3) is 2.77. The normalized spacial score (nSPS) is 8.75. The molecule has 1 aromatic heterocycles. The highest BCUT2D eigenvalue weighted by atomic mass is 16.6. The first-order valence-electron chi connectivity index (χ1n) is 4.42. The SMILES string of the molecule is N#Cc1ncc(C#CCCN)cc1[N+](=O)[O-]. The van der Waals surface area contributed by atoms with Gasteiger partial charge in [-0.3, -0.25) is 10.1 Å². The number of hydrogen-bond donors (Lipinski definition) is 1. The monoisotopic (exact) mass is 216 g/mol. The Labute approximate surface area is 91.9 Å². The second-order valence-corrected chi connectivity index (χ2v) is 2.80. The second-order valence-electron chi connectivity index (χ2n) is 2.80. The molecule has 0 aromatic carbocycles. The van der Waals surface area contributed by atoms with Gasteiger partial charge in [0.2, 0.25) is 5.69 Å². The molecule has 0 atom stereocenters. The van der Waals surface area contributed by atoms with E-state index in [1.807, 2.05) is 0 Å². The van der Waals surface area contributed by atoms with E-state index in [2.05, 4.69) is 16.8 Å². The fraction of sp³-hybridized carbons (Fsp3) is 0.200. The zero-order chi connectivity index (χ0) is 12.0. The van der Waals surface area contributed by atoms with Crippen LogP contribution < -0.4 is 5.73 Å². The molecule has 0 radical (unpaired) electrons. The number of nitrogens with two attached hydrogens (primary N) is 1. The molecule has 0 bridgehead atoms. The molecule has 1 heterocycles. The third-order valence-electron chi connectivity index (χ3n) is 1.67. The summed E-state index contributed by atoms with van der Waals surface area (Å²) < 4.78 is 0. The maximum atomic E-state index is 10.6. The summed E-state index contributed by atoms with van der Waals surface area (Å²) in [5, 5.41) is 19.2. The van der Waals surface area contributed by atoms with Gasteiger partial charge in [0.25, 0.3) is 0 Å². The van der Waals surface area contributed by atoms with Crippen LogP contribution in [0.2, 0.25) is 0 Å². The first-order chi connectivity index (χ1) is 7.69. The minimum absolute atomic E-state index is 0.214. The van der Waals surface area contributed by atoms with Crippen LogP contribution in [-0.2, 0) is 0 Å². The van der Waals surface area contributed by atoms with Gasteiger partial charge in [-0.25, -0.2) is 4.98 Å². The summed E-state index contributed by atoms with van der Waals surface area (Å²) in [6.45, 7) is 0.429. The highest BCUT2D eigenvalue weighted by Gasteiger charge is 2.14. The number of pyridine rings is 1. The van der Waals surface area contributed by atoms with Crippen molar-refractivity contribution >= 4 is 5.69 Å². The average Bonchev–Trinajstić information content (AvgIpc) is 2.29. The van der Waals surface area contributed by atoms with Gasteiger partial charge in [0, 0.05) is 30.8 Å². The molecule has 0 aliphatic carbocycles. The van der Waals surface area contributed by atoms with Crippen molar-refractivity contribution in [2.45, 2.75) is 6.42 Å².